The Labute approximate surface area is 98.3 Å². The van der Waals surface area contributed by atoms with Gasteiger partial charge in [0.25, 0.3) is 0 Å². The van der Waals surface area contributed by atoms with Gasteiger partial charge in [0.05, 0.1) is 17.9 Å². The normalized spacial score (nSPS) is 27.1. The van der Waals surface area contributed by atoms with Crippen molar-refractivity contribution in [2.24, 2.45) is 11.2 Å². The van der Waals surface area contributed by atoms with Crippen molar-refractivity contribution in [1.82, 2.24) is 5.01 Å². The SMILES string of the molecule is CCCCC(CC)C1OCC(CC)N1N=O. The van der Waals surface area contributed by atoms with Crippen LogP contribution >= 0.6 is 0 Å². The smallest absolute Gasteiger partial charge is 0.152 e. The molecule has 0 aromatic rings. The van der Waals surface area contributed by atoms with E-state index in [1.54, 1.807) is 5.01 Å². The first kappa shape index (κ1) is 13.4. The molecule has 16 heavy (non-hydrogen) atoms. The molecule has 0 aromatic carbocycles. The molecule has 1 aliphatic rings. The van der Waals surface area contributed by atoms with E-state index in [1.807, 2.05) is 0 Å². The third-order valence-electron chi connectivity index (χ3n) is 3.52. The maximum Gasteiger partial charge on any atom is 0.152 e. The summed E-state index contributed by atoms with van der Waals surface area (Å²) in [5.41, 5.74) is 0. The molecule has 0 saturated carbocycles. The monoisotopic (exact) mass is 228 g/mol. The number of ether oxygens (including phenoxy) is 1. The van der Waals surface area contributed by atoms with E-state index in [2.05, 4.69) is 26.1 Å². The summed E-state index contributed by atoms with van der Waals surface area (Å²) in [6, 6.07) is 0.179. The Balaban J connectivity index is 2.58. The zero-order chi connectivity index (χ0) is 12.0. The summed E-state index contributed by atoms with van der Waals surface area (Å²) in [5, 5.41) is 4.80. The van der Waals surface area contributed by atoms with E-state index in [-0.39, 0.29) is 12.3 Å². The molecule has 0 aliphatic carbocycles. The molecule has 0 bridgehead atoms. The largest absolute Gasteiger partial charge is 0.354 e. The van der Waals surface area contributed by atoms with Crippen LogP contribution in [0.15, 0.2) is 5.29 Å². The molecule has 1 heterocycles. The van der Waals surface area contributed by atoms with Crippen LogP contribution in [0.1, 0.15) is 52.9 Å². The lowest BCUT2D eigenvalue weighted by molar-refractivity contribution is -0.0214. The minimum absolute atomic E-state index is 0.0843. The van der Waals surface area contributed by atoms with Crippen molar-refractivity contribution in [2.75, 3.05) is 6.61 Å². The number of nitroso groups, excluding NO2 is 1. The highest BCUT2D eigenvalue weighted by atomic mass is 16.5. The number of hydrogen-bond acceptors (Lipinski definition) is 3. The van der Waals surface area contributed by atoms with Crippen molar-refractivity contribution in [3.05, 3.63) is 4.91 Å². The van der Waals surface area contributed by atoms with Crippen molar-refractivity contribution in [3.63, 3.8) is 0 Å². The van der Waals surface area contributed by atoms with E-state index >= 15 is 0 Å². The highest BCUT2D eigenvalue weighted by Crippen LogP contribution is 2.29. The maximum absolute atomic E-state index is 10.9. The first-order valence-electron chi connectivity index (χ1n) is 6.51. The average molecular weight is 228 g/mol. The molecule has 1 fully saturated rings. The van der Waals surface area contributed by atoms with Crippen LogP contribution in [-0.4, -0.2) is 23.9 Å². The Morgan fingerprint density at radius 2 is 2.19 bits per heavy atom. The summed E-state index contributed by atoms with van der Waals surface area (Å²) in [6.07, 6.45) is 5.40. The fourth-order valence-corrected chi connectivity index (χ4v) is 2.35. The summed E-state index contributed by atoms with van der Waals surface area (Å²) < 4.78 is 5.74. The van der Waals surface area contributed by atoms with Gasteiger partial charge in [-0.15, -0.1) is 4.91 Å². The Bertz CT molecular complexity index is 211. The number of nitrogens with zero attached hydrogens (tertiary/aromatic N) is 2. The summed E-state index contributed by atoms with van der Waals surface area (Å²) in [4.78, 5) is 10.9. The molecular weight excluding hydrogens is 204 g/mol. The Morgan fingerprint density at radius 3 is 2.69 bits per heavy atom. The lowest BCUT2D eigenvalue weighted by Gasteiger charge is -2.27. The third kappa shape index (κ3) is 2.94. The Kier molecular flexibility index (Phi) is 5.74. The highest BCUT2D eigenvalue weighted by Gasteiger charge is 2.37. The lowest BCUT2D eigenvalue weighted by Crippen LogP contribution is -2.36. The molecule has 1 saturated heterocycles. The quantitative estimate of drug-likeness (QED) is 0.628. The van der Waals surface area contributed by atoms with Crippen LogP contribution in [0.3, 0.4) is 0 Å². The van der Waals surface area contributed by atoms with E-state index in [1.165, 1.54) is 12.8 Å². The second kappa shape index (κ2) is 6.84. The Morgan fingerprint density at radius 1 is 1.44 bits per heavy atom. The molecule has 4 nitrogen and oxygen atoms in total. The maximum atomic E-state index is 10.9. The molecule has 3 unspecified atom stereocenters. The third-order valence-corrected chi connectivity index (χ3v) is 3.52. The minimum atomic E-state index is -0.0843. The van der Waals surface area contributed by atoms with Crippen LogP contribution in [-0.2, 0) is 4.74 Å². The van der Waals surface area contributed by atoms with Crippen LogP contribution < -0.4 is 0 Å². The Hall–Kier alpha value is -0.640. The molecule has 0 N–H and O–H groups in total. The minimum Gasteiger partial charge on any atom is -0.354 e. The second-order valence-corrected chi connectivity index (χ2v) is 4.56. The molecule has 94 valence electrons. The molecule has 3 atom stereocenters. The van der Waals surface area contributed by atoms with Crippen molar-refractivity contribution in [1.29, 1.82) is 0 Å². The van der Waals surface area contributed by atoms with Gasteiger partial charge in [-0.05, 0) is 19.3 Å². The van der Waals surface area contributed by atoms with Crippen LogP contribution in [0.4, 0.5) is 0 Å². The van der Waals surface area contributed by atoms with Crippen molar-refractivity contribution in [2.45, 2.75) is 65.1 Å². The van der Waals surface area contributed by atoms with Crippen molar-refractivity contribution >= 4 is 0 Å². The molecule has 1 aliphatic heterocycles. The van der Waals surface area contributed by atoms with Gasteiger partial charge < -0.3 is 4.74 Å². The second-order valence-electron chi connectivity index (χ2n) is 4.56. The van der Waals surface area contributed by atoms with Gasteiger partial charge >= 0.3 is 0 Å². The molecule has 1 rings (SSSR count). The van der Waals surface area contributed by atoms with Crippen LogP contribution in [0.5, 0.6) is 0 Å². The first-order chi connectivity index (χ1) is 7.78. The molecule has 0 aromatic heterocycles. The lowest BCUT2D eigenvalue weighted by atomic mass is 9.97. The van der Waals surface area contributed by atoms with Gasteiger partial charge in [0, 0.05) is 5.92 Å². The van der Waals surface area contributed by atoms with Crippen LogP contribution in [0.2, 0.25) is 0 Å². The van der Waals surface area contributed by atoms with Crippen LogP contribution in [0.25, 0.3) is 0 Å². The summed E-state index contributed by atoms with van der Waals surface area (Å²) >= 11 is 0. The number of hydrogen-bond donors (Lipinski definition) is 0. The standard InChI is InChI=1S/C12H24N2O2/c1-4-7-8-10(5-2)12-14(13-15)11(6-3)9-16-12/h10-12H,4-9H2,1-3H3. The molecule has 4 heteroatoms. The van der Waals surface area contributed by atoms with E-state index < -0.39 is 0 Å². The summed E-state index contributed by atoms with van der Waals surface area (Å²) in [5.74, 6) is 0.439. The topological polar surface area (TPSA) is 41.9 Å². The summed E-state index contributed by atoms with van der Waals surface area (Å²) in [6.45, 7) is 7.07. The van der Waals surface area contributed by atoms with Crippen molar-refractivity contribution < 1.29 is 4.74 Å². The number of unbranched alkanes of at least 4 members (excludes halogenated alkanes) is 1. The fourth-order valence-electron chi connectivity index (χ4n) is 2.35. The predicted octanol–water partition coefficient (Wildman–Crippen LogP) is 3.32. The molecule has 0 radical (unpaired) electrons. The van der Waals surface area contributed by atoms with Gasteiger partial charge in [0.2, 0.25) is 0 Å². The van der Waals surface area contributed by atoms with Crippen LogP contribution in [0, 0.1) is 10.8 Å². The van der Waals surface area contributed by atoms with E-state index in [0.29, 0.717) is 12.5 Å². The van der Waals surface area contributed by atoms with E-state index in [4.69, 9.17) is 4.74 Å². The predicted molar refractivity (Wildman–Crippen MR) is 64.8 cm³/mol. The molecule has 0 amide bonds. The fraction of sp³-hybridized carbons (Fsp3) is 1.00. The van der Waals surface area contributed by atoms with Gasteiger partial charge in [0.1, 0.15) is 0 Å². The zero-order valence-corrected chi connectivity index (χ0v) is 10.7. The van der Waals surface area contributed by atoms with Gasteiger partial charge in [-0.2, -0.15) is 0 Å². The molecule has 0 spiro atoms. The first-order valence-corrected chi connectivity index (χ1v) is 6.51. The van der Waals surface area contributed by atoms with Crippen molar-refractivity contribution in [3.8, 4) is 0 Å². The average Bonchev–Trinajstić information content (AvgIpc) is 2.73. The highest BCUT2D eigenvalue weighted by molar-refractivity contribution is 4.81. The van der Waals surface area contributed by atoms with Gasteiger partial charge in [0.15, 0.2) is 6.23 Å². The number of rotatable bonds is 7. The van der Waals surface area contributed by atoms with Gasteiger partial charge in [-0.3, -0.25) is 0 Å². The molecular formula is C12H24N2O2. The van der Waals surface area contributed by atoms with Gasteiger partial charge in [-0.25, -0.2) is 5.01 Å². The van der Waals surface area contributed by atoms with E-state index in [9.17, 15) is 4.91 Å². The zero-order valence-electron chi connectivity index (χ0n) is 10.7. The van der Waals surface area contributed by atoms with Gasteiger partial charge in [-0.1, -0.05) is 33.6 Å². The summed E-state index contributed by atoms with van der Waals surface area (Å²) in [7, 11) is 0. The van der Waals surface area contributed by atoms with E-state index in [0.717, 1.165) is 19.3 Å².